The van der Waals surface area contributed by atoms with Gasteiger partial charge >= 0.3 is 5.97 Å². The van der Waals surface area contributed by atoms with E-state index >= 15 is 0 Å². The Morgan fingerprint density at radius 3 is 2.72 bits per heavy atom. The number of halogens is 1. The van der Waals surface area contributed by atoms with Crippen LogP contribution < -0.4 is 11.1 Å². The van der Waals surface area contributed by atoms with Gasteiger partial charge in [0, 0.05) is 11.4 Å². The van der Waals surface area contributed by atoms with Gasteiger partial charge < -0.3 is 20.7 Å². The summed E-state index contributed by atoms with van der Waals surface area (Å²) < 4.78 is 6.12. The molecule has 3 aromatic rings. The fourth-order valence-corrected chi connectivity index (χ4v) is 5.46. The molecule has 1 saturated heterocycles. The second-order valence-electron chi connectivity index (χ2n) is 8.90. The molecule has 1 aliphatic carbocycles. The highest BCUT2D eigenvalue weighted by molar-refractivity contribution is 6.29. The molecule has 0 unspecified atom stereocenters. The highest BCUT2D eigenvalue weighted by atomic mass is 35.5. The van der Waals surface area contributed by atoms with Crippen molar-refractivity contribution in [2.45, 2.75) is 37.9 Å². The van der Waals surface area contributed by atoms with Gasteiger partial charge in [0.15, 0.2) is 5.69 Å². The largest absolute Gasteiger partial charge is 0.465 e. The molecule has 3 N–H and O–H groups in total. The summed E-state index contributed by atoms with van der Waals surface area (Å²) in [5, 5.41) is 7.68. The Morgan fingerprint density at radius 1 is 1.19 bits per heavy atom. The number of nitrogens with two attached hydrogens (primary N) is 1. The van der Waals surface area contributed by atoms with E-state index in [1.165, 1.54) is 23.9 Å². The molecule has 0 spiro atoms. The number of aromatic nitrogens is 3. The SMILES string of the molecule is COC(=O)c1ccc2c(C(N)=O)nn(CC(=O)N3[C@@H]4CC[C@@H](C4)[C@H]3C(=O)Nc3cccc(Cl)n3)c2c1. The van der Waals surface area contributed by atoms with Gasteiger partial charge in [-0.3, -0.25) is 19.1 Å². The van der Waals surface area contributed by atoms with Gasteiger partial charge in [0.1, 0.15) is 23.6 Å². The summed E-state index contributed by atoms with van der Waals surface area (Å²) in [6, 6.07) is 8.71. The van der Waals surface area contributed by atoms with Crippen molar-refractivity contribution in [3.05, 3.63) is 52.8 Å². The van der Waals surface area contributed by atoms with Crippen LogP contribution in [0.3, 0.4) is 0 Å². The third-order valence-corrected chi connectivity index (χ3v) is 7.01. The Labute approximate surface area is 210 Å². The molecule has 2 fully saturated rings. The number of hydrogen-bond donors (Lipinski definition) is 2. The van der Waals surface area contributed by atoms with Crippen molar-refractivity contribution in [3.63, 3.8) is 0 Å². The Balaban J connectivity index is 1.44. The third-order valence-electron chi connectivity index (χ3n) is 6.80. The van der Waals surface area contributed by atoms with Crippen LogP contribution in [0, 0.1) is 5.92 Å². The van der Waals surface area contributed by atoms with Crippen LogP contribution in [0.15, 0.2) is 36.4 Å². The van der Waals surface area contributed by atoms with Crippen LogP contribution in [0.5, 0.6) is 0 Å². The quantitative estimate of drug-likeness (QED) is 0.380. The molecule has 3 amide bonds. The van der Waals surface area contributed by atoms with E-state index in [1.54, 1.807) is 29.2 Å². The van der Waals surface area contributed by atoms with Crippen LogP contribution in [0.4, 0.5) is 5.82 Å². The van der Waals surface area contributed by atoms with Crippen LogP contribution in [-0.4, -0.2) is 62.5 Å². The van der Waals surface area contributed by atoms with Crippen molar-refractivity contribution in [3.8, 4) is 0 Å². The molecule has 0 radical (unpaired) electrons. The molecule has 11 nitrogen and oxygen atoms in total. The molecule has 3 atom stereocenters. The molecular formula is C24H23ClN6O5. The normalized spacial score (nSPS) is 20.5. The monoisotopic (exact) mass is 510 g/mol. The van der Waals surface area contributed by atoms with Gasteiger partial charge in [-0.2, -0.15) is 5.10 Å². The second kappa shape index (κ2) is 9.23. The Hall–Kier alpha value is -3.99. The van der Waals surface area contributed by atoms with Gasteiger partial charge in [-0.05, 0) is 55.5 Å². The first-order valence-corrected chi connectivity index (χ1v) is 11.8. The van der Waals surface area contributed by atoms with Gasteiger partial charge in [-0.15, -0.1) is 0 Å². The Kier molecular flexibility index (Phi) is 6.09. The molecular weight excluding hydrogens is 488 g/mol. The van der Waals surface area contributed by atoms with E-state index in [9.17, 15) is 19.2 Å². The summed E-state index contributed by atoms with van der Waals surface area (Å²) >= 11 is 5.93. The zero-order valence-electron chi connectivity index (χ0n) is 19.3. The minimum Gasteiger partial charge on any atom is -0.465 e. The fourth-order valence-electron chi connectivity index (χ4n) is 5.29. The van der Waals surface area contributed by atoms with Crippen LogP contribution >= 0.6 is 11.6 Å². The zero-order chi connectivity index (χ0) is 25.6. The number of primary amides is 1. The van der Waals surface area contributed by atoms with Gasteiger partial charge in [0.2, 0.25) is 11.8 Å². The standard InChI is InChI=1S/C24H23ClN6O5/c1-36-24(35)13-6-8-15-16(10-13)30(29-20(15)22(26)33)11-19(32)31-14-7-5-12(9-14)21(31)23(34)28-18-4-2-3-17(25)27-18/h2-4,6,8,10,12,14,21H,5,7,9,11H2,1H3,(H2,26,33)(H,27,28,34)/t12-,14+,21-/m0/s1. The lowest BCUT2D eigenvalue weighted by molar-refractivity contribution is -0.141. The first-order chi connectivity index (χ1) is 17.3. The highest BCUT2D eigenvalue weighted by Crippen LogP contribution is 2.43. The molecule has 2 bridgehead atoms. The lowest BCUT2D eigenvalue weighted by Gasteiger charge is -2.34. The van der Waals surface area contributed by atoms with Gasteiger partial charge in [-0.25, -0.2) is 9.78 Å². The van der Waals surface area contributed by atoms with Crippen LogP contribution in [0.2, 0.25) is 5.15 Å². The molecule has 1 saturated carbocycles. The summed E-state index contributed by atoms with van der Waals surface area (Å²) in [5.41, 5.74) is 6.10. The van der Waals surface area contributed by atoms with Gasteiger partial charge in [-0.1, -0.05) is 17.7 Å². The average molecular weight is 511 g/mol. The number of ether oxygens (including phenoxy) is 1. The van der Waals surface area contributed by atoms with E-state index in [4.69, 9.17) is 22.1 Å². The van der Waals surface area contributed by atoms with E-state index < -0.39 is 17.9 Å². The summed E-state index contributed by atoms with van der Waals surface area (Å²) in [7, 11) is 1.26. The zero-order valence-corrected chi connectivity index (χ0v) is 20.1. The van der Waals surface area contributed by atoms with E-state index in [0.29, 0.717) is 16.7 Å². The topological polar surface area (TPSA) is 150 Å². The number of rotatable bonds is 6. The highest BCUT2D eigenvalue weighted by Gasteiger charge is 2.51. The minimum absolute atomic E-state index is 0.0153. The van der Waals surface area contributed by atoms with Crippen LogP contribution in [0.25, 0.3) is 10.9 Å². The maximum absolute atomic E-state index is 13.6. The minimum atomic E-state index is -0.761. The van der Waals surface area contributed by atoms with Gasteiger partial charge in [0.05, 0.1) is 18.2 Å². The summed E-state index contributed by atoms with van der Waals surface area (Å²) in [4.78, 5) is 56.5. The van der Waals surface area contributed by atoms with Crippen molar-refractivity contribution in [2.75, 3.05) is 12.4 Å². The Bertz CT molecular complexity index is 1400. The first kappa shape index (κ1) is 23.7. The van der Waals surface area contributed by atoms with Crippen LogP contribution in [0.1, 0.15) is 40.1 Å². The maximum atomic E-state index is 13.6. The summed E-state index contributed by atoms with van der Waals surface area (Å²) in [6.07, 6.45) is 2.37. The number of fused-ring (bicyclic) bond motifs is 3. The van der Waals surface area contributed by atoms with E-state index in [2.05, 4.69) is 15.4 Å². The molecule has 12 heteroatoms. The predicted octanol–water partition coefficient (Wildman–Crippen LogP) is 1.99. The lowest BCUT2D eigenvalue weighted by Crippen LogP contribution is -2.52. The number of amides is 3. The molecule has 2 aromatic heterocycles. The van der Waals surface area contributed by atoms with Crippen molar-refractivity contribution >= 4 is 52.0 Å². The van der Waals surface area contributed by atoms with Gasteiger partial charge in [0.25, 0.3) is 5.91 Å². The summed E-state index contributed by atoms with van der Waals surface area (Å²) in [6.45, 7) is -0.239. The number of nitrogens with zero attached hydrogens (tertiary/aromatic N) is 4. The maximum Gasteiger partial charge on any atom is 0.337 e. The smallest absolute Gasteiger partial charge is 0.337 e. The lowest BCUT2D eigenvalue weighted by atomic mass is 9.97. The van der Waals surface area contributed by atoms with Crippen molar-refractivity contribution in [1.29, 1.82) is 0 Å². The number of hydrogen-bond acceptors (Lipinski definition) is 7. The average Bonchev–Trinajstić information content (AvgIpc) is 3.56. The molecule has 186 valence electrons. The Morgan fingerprint density at radius 2 is 2.00 bits per heavy atom. The summed E-state index contributed by atoms with van der Waals surface area (Å²) in [5.74, 6) is -1.66. The fraction of sp³-hybridized carbons (Fsp3) is 0.333. The predicted molar refractivity (Wildman–Crippen MR) is 129 cm³/mol. The number of piperidine rings is 1. The van der Waals surface area contributed by atoms with E-state index in [0.717, 1.165) is 19.3 Å². The molecule has 1 aliphatic heterocycles. The van der Waals surface area contributed by atoms with Crippen molar-refractivity contribution < 1.29 is 23.9 Å². The number of esters is 1. The van der Waals surface area contributed by atoms with Crippen molar-refractivity contribution in [2.24, 2.45) is 11.7 Å². The number of benzene rings is 1. The van der Waals surface area contributed by atoms with Crippen molar-refractivity contribution in [1.82, 2.24) is 19.7 Å². The van der Waals surface area contributed by atoms with E-state index in [-0.39, 0.29) is 46.7 Å². The third kappa shape index (κ3) is 4.15. The number of carbonyl (C=O) groups excluding carboxylic acids is 4. The second-order valence-corrected chi connectivity index (χ2v) is 9.29. The molecule has 36 heavy (non-hydrogen) atoms. The molecule has 5 rings (SSSR count). The molecule has 1 aromatic carbocycles. The van der Waals surface area contributed by atoms with Crippen LogP contribution in [-0.2, 0) is 20.9 Å². The molecule has 3 heterocycles. The number of nitrogens with one attached hydrogen (secondary N) is 1. The number of likely N-dealkylation sites (tertiary alicyclic amines) is 1. The number of pyridine rings is 1. The number of anilines is 1. The van der Waals surface area contributed by atoms with E-state index in [1.807, 2.05) is 0 Å². The number of carbonyl (C=O) groups is 4. The number of methoxy groups -OCH3 is 1. The first-order valence-electron chi connectivity index (χ1n) is 11.4. The molecule has 2 aliphatic rings.